The summed E-state index contributed by atoms with van der Waals surface area (Å²) in [4.78, 5) is 15.5. The van der Waals surface area contributed by atoms with Crippen molar-refractivity contribution in [3.05, 3.63) is 65.2 Å². The van der Waals surface area contributed by atoms with Crippen LogP contribution in [0.3, 0.4) is 0 Å². The second-order valence-electron chi connectivity index (χ2n) is 8.44. The molecule has 1 aliphatic carbocycles. The molecule has 0 spiro atoms. The van der Waals surface area contributed by atoms with Crippen molar-refractivity contribution in [3.8, 4) is 11.4 Å². The fourth-order valence-corrected chi connectivity index (χ4v) is 6.03. The highest BCUT2D eigenvalue weighted by atomic mass is 35.5. The molecule has 0 radical (unpaired) electrons. The van der Waals surface area contributed by atoms with Gasteiger partial charge in [-0.15, -0.1) is 10.2 Å². The van der Waals surface area contributed by atoms with Crippen molar-refractivity contribution in [1.29, 1.82) is 0 Å². The Morgan fingerprint density at radius 3 is 2.42 bits per heavy atom. The Balaban J connectivity index is 1.54. The lowest BCUT2D eigenvalue weighted by molar-refractivity contribution is -0.134. The monoisotopic (exact) mass is 482 g/mol. The number of thioether (sulfide) groups is 1. The molecule has 1 amide bonds. The summed E-state index contributed by atoms with van der Waals surface area (Å²) in [6.45, 7) is 2.38. The molecule has 2 aromatic carbocycles. The number of aromatic nitrogens is 3. The number of nitrogens with zero attached hydrogens (tertiary/aromatic N) is 4. The standard InChI is InChI=1S/C25H27ClN4O2S/c26-21-13-7-6-12-20(21)23-27-28-25(30(23)19-10-4-5-11-19)33-22(18-8-2-1-3-9-18)24(31)29-14-16-32-17-15-29/h1-3,6-9,12-13,19,22H,4-5,10-11,14-17H2. The fraction of sp³-hybridized carbons (Fsp3) is 0.400. The van der Waals surface area contributed by atoms with Crippen LogP contribution in [0.4, 0.5) is 0 Å². The smallest absolute Gasteiger partial charge is 0.240 e. The van der Waals surface area contributed by atoms with Crippen molar-refractivity contribution in [2.75, 3.05) is 26.3 Å². The Morgan fingerprint density at radius 1 is 1.00 bits per heavy atom. The van der Waals surface area contributed by atoms with Gasteiger partial charge in [-0.05, 0) is 30.5 Å². The SMILES string of the molecule is O=C(C(Sc1nnc(-c2ccccc2Cl)n1C1CCCC1)c1ccccc1)N1CCOCC1. The Morgan fingerprint density at radius 2 is 1.70 bits per heavy atom. The minimum Gasteiger partial charge on any atom is -0.378 e. The molecule has 1 aliphatic heterocycles. The minimum atomic E-state index is -0.396. The van der Waals surface area contributed by atoms with Gasteiger partial charge in [-0.25, -0.2) is 0 Å². The van der Waals surface area contributed by atoms with Crippen LogP contribution < -0.4 is 0 Å². The lowest BCUT2D eigenvalue weighted by Crippen LogP contribution is -2.42. The largest absolute Gasteiger partial charge is 0.378 e. The number of halogens is 1. The van der Waals surface area contributed by atoms with Gasteiger partial charge in [0.2, 0.25) is 5.91 Å². The van der Waals surface area contributed by atoms with Crippen LogP contribution in [0.25, 0.3) is 11.4 Å². The zero-order chi connectivity index (χ0) is 22.6. The average molecular weight is 483 g/mol. The summed E-state index contributed by atoms with van der Waals surface area (Å²) in [6, 6.07) is 18.0. The number of carbonyl (C=O) groups is 1. The van der Waals surface area contributed by atoms with Crippen molar-refractivity contribution in [3.63, 3.8) is 0 Å². The molecular formula is C25H27ClN4O2S. The molecule has 5 rings (SSSR count). The zero-order valence-electron chi connectivity index (χ0n) is 18.4. The van der Waals surface area contributed by atoms with E-state index < -0.39 is 5.25 Å². The number of ether oxygens (including phenoxy) is 1. The normalized spacial score (nSPS) is 17.9. The highest BCUT2D eigenvalue weighted by Gasteiger charge is 2.32. The van der Waals surface area contributed by atoms with Gasteiger partial charge in [0.1, 0.15) is 5.25 Å². The maximum atomic E-state index is 13.6. The highest BCUT2D eigenvalue weighted by molar-refractivity contribution is 8.00. The van der Waals surface area contributed by atoms with E-state index in [0.717, 1.165) is 34.9 Å². The van der Waals surface area contributed by atoms with Crippen LogP contribution in [-0.2, 0) is 9.53 Å². The Hall–Kier alpha value is -2.35. The molecule has 33 heavy (non-hydrogen) atoms. The molecule has 2 fully saturated rings. The van der Waals surface area contributed by atoms with Crippen molar-refractivity contribution in [2.45, 2.75) is 42.1 Å². The van der Waals surface area contributed by atoms with E-state index >= 15 is 0 Å². The molecular weight excluding hydrogens is 456 g/mol. The molecule has 172 valence electrons. The third kappa shape index (κ3) is 4.81. The number of benzene rings is 2. The van der Waals surface area contributed by atoms with Crippen LogP contribution in [0.5, 0.6) is 0 Å². The first-order valence-electron chi connectivity index (χ1n) is 11.5. The van der Waals surface area contributed by atoms with Crippen molar-refractivity contribution in [1.82, 2.24) is 19.7 Å². The minimum absolute atomic E-state index is 0.0924. The van der Waals surface area contributed by atoms with Gasteiger partial charge >= 0.3 is 0 Å². The molecule has 2 aliphatic rings. The molecule has 1 unspecified atom stereocenters. The van der Waals surface area contributed by atoms with E-state index in [1.54, 1.807) is 0 Å². The maximum absolute atomic E-state index is 13.6. The molecule has 0 bridgehead atoms. The number of hydrogen-bond acceptors (Lipinski definition) is 5. The number of carbonyl (C=O) groups excluding carboxylic acids is 1. The van der Waals surface area contributed by atoms with Crippen LogP contribution in [0.15, 0.2) is 59.8 Å². The molecule has 1 saturated heterocycles. The first-order chi connectivity index (χ1) is 16.2. The Labute approximate surface area is 203 Å². The predicted molar refractivity (Wildman–Crippen MR) is 130 cm³/mol. The van der Waals surface area contributed by atoms with Gasteiger partial charge in [-0.2, -0.15) is 0 Å². The van der Waals surface area contributed by atoms with Gasteiger partial charge in [0.15, 0.2) is 11.0 Å². The number of amides is 1. The maximum Gasteiger partial charge on any atom is 0.240 e. The van der Waals surface area contributed by atoms with Crippen molar-refractivity contribution in [2.24, 2.45) is 0 Å². The summed E-state index contributed by atoms with van der Waals surface area (Å²) in [5, 5.41) is 10.2. The summed E-state index contributed by atoms with van der Waals surface area (Å²) in [5.41, 5.74) is 1.85. The van der Waals surface area contributed by atoms with Crippen LogP contribution in [0.2, 0.25) is 5.02 Å². The molecule has 1 atom stereocenters. The van der Waals surface area contributed by atoms with Gasteiger partial charge in [-0.3, -0.25) is 9.36 Å². The summed E-state index contributed by atoms with van der Waals surface area (Å²) in [5.74, 6) is 0.871. The van der Waals surface area contributed by atoms with E-state index in [4.69, 9.17) is 16.3 Å². The van der Waals surface area contributed by atoms with E-state index in [1.165, 1.54) is 24.6 Å². The van der Waals surface area contributed by atoms with Crippen LogP contribution in [-0.4, -0.2) is 51.9 Å². The molecule has 6 nitrogen and oxygen atoms in total. The van der Waals surface area contributed by atoms with E-state index in [9.17, 15) is 4.79 Å². The molecule has 1 saturated carbocycles. The topological polar surface area (TPSA) is 60.2 Å². The second kappa shape index (κ2) is 10.3. The van der Waals surface area contributed by atoms with Gasteiger partial charge in [-0.1, -0.05) is 78.7 Å². The lowest BCUT2D eigenvalue weighted by atomic mass is 10.1. The second-order valence-corrected chi connectivity index (χ2v) is 9.92. The van der Waals surface area contributed by atoms with Crippen molar-refractivity contribution >= 4 is 29.3 Å². The highest BCUT2D eigenvalue weighted by Crippen LogP contribution is 2.42. The van der Waals surface area contributed by atoms with Gasteiger partial charge in [0, 0.05) is 24.7 Å². The zero-order valence-corrected chi connectivity index (χ0v) is 20.0. The van der Waals surface area contributed by atoms with Crippen molar-refractivity contribution < 1.29 is 9.53 Å². The lowest BCUT2D eigenvalue weighted by Gasteiger charge is -2.30. The summed E-state index contributed by atoms with van der Waals surface area (Å²) in [7, 11) is 0. The average Bonchev–Trinajstić information content (AvgIpc) is 3.53. The summed E-state index contributed by atoms with van der Waals surface area (Å²) < 4.78 is 7.69. The van der Waals surface area contributed by atoms with E-state index in [-0.39, 0.29) is 5.91 Å². The Kier molecular flexibility index (Phi) is 6.99. The quantitative estimate of drug-likeness (QED) is 0.440. The van der Waals surface area contributed by atoms with E-state index in [1.807, 2.05) is 59.5 Å². The Bertz CT molecular complexity index is 1090. The fourth-order valence-electron chi connectivity index (χ4n) is 4.62. The first-order valence-corrected chi connectivity index (χ1v) is 12.8. The number of morpholine rings is 1. The van der Waals surface area contributed by atoms with E-state index in [0.29, 0.717) is 37.4 Å². The van der Waals surface area contributed by atoms with E-state index in [2.05, 4.69) is 14.8 Å². The molecule has 3 aromatic rings. The van der Waals surface area contributed by atoms with Crippen LogP contribution in [0.1, 0.15) is 42.5 Å². The van der Waals surface area contributed by atoms with Gasteiger partial charge in [0.25, 0.3) is 0 Å². The van der Waals surface area contributed by atoms with Crippen LogP contribution >= 0.6 is 23.4 Å². The predicted octanol–water partition coefficient (Wildman–Crippen LogP) is 5.41. The molecule has 1 aromatic heterocycles. The third-order valence-electron chi connectivity index (χ3n) is 6.34. The summed E-state index contributed by atoms with van der Waals surface area (Å²) >= 11 is 8.03. The number of hydrogen-bond donors (Lipinski definition) is 0. The molecule has 0 N–H and O–H groups in total. The molecule has 8 heteroatoms. The first kappa shape index (κ1) is 22.4. The third-order valence-corrected chi connectivity index (χ3v) is 7.87. The number of rotatable bonds is 6. The van der Waals surface area contributed by atoms with Gasteiger partial charge in [0.05, 0.1) is 18.2 Å². The van der Waals surface area contributed by atoms with Gasteiger partial charge < -0.3 is 9.64 Å². The van der Waals surface area contributed by atoms with Crippen LogP contribution in [0, 0.1) is 0 Å². The summed E-state index contributed by atoms with van der Waals surface area (Å²) in [6.07, 6.45) is 4.53. The molecule has 2 heterocycles.